The van der Waals surface area contributed by atoms with Crippen LogP contribution in [0.3, 0.4) is 0 Å². The number of nitrogens with zero attached hydrogens (tertiary/aromatic N) is 3. The summed E-state index contributed by atoms with van der Waals surface area (Å²) >= 11 is 0. The summed E-state index contributed by atoms with van der Waals surface area (Å²) in [5.41, 5.74) is 2.30. The van der Waals surface area contributed by atoms with Crippen LogP contribution in [0.1, 0.15) is 22.8 Å². The third-order valence-corrected chi connectivity index (χ3v) is 3.46. The number of para-hydroxylation sites is 2. The van der Waals surface area contributed by atoms with Gasteiger partial charge in [-0.15, -0.1) is 0 Å². The number of aromatic nitrogens is 3. The molecule has 0 spiro atoms. The van der Waals surface area contributed by atoms with Crippen molar-refractivity contribution < 1.29 is 9.53 Å². The molecule has 1 aromatic heterocycles. The molecule has 1 N–H and O–H groups in total. The highest BCUT2D eigenvalue weighted by Crippen LogP contribution is 2.24. The van der Waals surface area contributed by atoms with Crippen LogP contribution in [0.2, 0.25) is 0 Å². The van der Waals surface area contributed by atoms with Crippen LogP contribution in [-0.2, 0) is 6.54 Å². The van der Waals surface area contributed by atoms with Gasteiger partial charge in [0.1, 0.15) is 18.4 Å². The third-order valence-electron chi connectivity index (χ3n) is 3.46. The maximum absolute atomic E-state index is 12.4. The van der Waals surface area contributed by atoms with Crippen LogP contribution in [0.4, 0.5) is 5.69 Å². The second kappa shape index (κ2) is 7.41. The molecule has 3 aromatic rings. The molecule has 0 aliphatic heterocycles. The smallest absolute Gasteiger partial charge is 0.255 e. The molecule has 0 aliphatic rings. The monoisotopic (exact) mass is 322 g/mol. The zero-order chi connectivity index (χ0) is 16.8. The molecule has 0 aliphatic carbocycles. The van der Waals surface area contributed by atoms with Crippen molar-refractivity contribution in [2.24, 2.45) is 0 Å². The molecule has 1 heterocycles. The Balaban J connectivity index is 1.69. The molecule has 0 radical (unpaired) electrons. The number of ether oxygens (including phenoxy) is 1. The summed E-state index contributed by atoms with van der Waals surface area (Å²) in [6.07, 6.45) is 3.16. The topological polar surface area (TPSA) is 69.0 Å². The first-order chi connectivity index (χ1) is 11.8. The van der Waals surface area contributed by atoms with Crippen molar-refractivity contribution in [1.82, 2.24) is 14.8 Å². The minimum atomic E-state index is -0.172. The molecule has 0 atom stereocenters. The van der Waals surface area contributed by atoms with Crippen molar-refractivity contribution >= 4 is 11.6 Å². The highest BCUT2D eigenvalue weighted by Gasteiger charge is 2.09. The number of benzene rings is 2. The van der Waals surface area contributed by atoms with Crippen molar-refractivity contribution in [3.8, 4) is 5.75 Å². The van der Waals surface area contributed by atoms with Gasteiger partial charge in [-0.2, -0.15) is 5.10 Å². The zero-order valence-corrected chi connectivity index (χ0v) is 13.3. The predicted octanol–water partition coefficient (Wildman–Crippen LogP) is 2.98. The molecule has 122 valence electrons. The number of carbonyl (C=O) groups excluding carboxylic acids is 1. The van der Waals surface area contributed by atoms with E-state index >= 15 is 0 Å². The van der Waals surface area contributed by atoms with Gasteiger partial charge >= 0.3 is 0 Å². The number of amides is 1. The Morgan fingerprint density at radius 3 is 2.67 bits per heavy atom. The SMILES string of the molecule is CCOc1ccccc1NC(=O)c1ccc(Cn2cncn2)cc1. The first-order valence-electron chi connectivity index (χ1n) is 7.71. The average Bonchev–Trinajstić information content (AvgIpc) is 3.10. The number of anilines is 1. The number of nitrogens with one attached hydrogen (secondary N) is 1. The van der Waals surface area contributed by atoms with Gasteiger partial charge in [0.05, 0.1) is 18.8 Å². The van der Waals surface area contributed by atoms with Gasteiger partial charge in [0.15, 0.2) is 0 Å². The summed E-state index contributed by atoms with van der Waals surface area (Å²) < 4.78 is 7.25. The van der Waals surface area contributed by atoms with E-state index in [1.54, 1.807) is 23.1 Å². The Hall–Kier alpha value is -3.15. The summed E-state index contributed by atoms with van der Waals surface area (Å²) in [5, 5.41) is 6.95. The molecule has 24 heavy (non-hydrogen) atoms. The van der Waals surface area contributed by atoms with Crippen LogP contribution < -0.4 is 10.1 Å². The maximum atomic E-state index is 12.4. The number of carbonyl (C=O) groups is 1. The highest BCUT2D eigenvalue weighted by atomic mass is 16.5. The van der Waals surface area contributed by atoms with Crippen LogP contribution in [-0.4, -0.2) is 27.3 Å². The van der Waals surface area contributed by atoms with Crippen molar-refractivity contribution in [1.29, 1.82) is 0 Å². The van der Waals surface area contributed by atoms with E-state index in [-0.39, 0.29) is 5.91 Å². The van der Waals surface area contributed by atoms with Gasteiger partial charge in [-0.1, -0.05) is 24.3 Å². The Morgan fingerprint density at radius 1 is 1.17 bits per heavy atom. The molecule has 2 aromatic carbocycles. The van der Waals surface area contributed by atoms with E-state index in [0.29, 0.717) is 30.2 Å². The molecular weight excluding hydrogens is 304 g/mol. The van der Waals surface area contributed by atoms with E-state index in [1.807, 2.05) is 43.3 Å². The lowest BCUT2D eigenvalue weighted by Crippen LogP contribution is -2.13. The molecule has 0 fully saturated rings. The minimum absolute atomic E-state index is 0.172. The average molecular weight is 322 g/mol. The van der Waals surface area contributed by atoms with Gasteiger partial charge in [0.25, 0.3) is 5.91 Å². The van der Waals surface area contributed by atoms with Crippen LogP contribution >= 0.6 is 0 Å². The second-order valence-corrected chi connectivity index (χ2v) is 5.17. The molecule has 6 nitrogen and oxygen atoms in total. The summed E-state index contributed by atoms with van der Waals surface area (Å²) in [7, 11) is 0. The van der Waals surface area contributed by atoms with Gasteiger partial charge in [-0.05, 0) is 36.8 Å². The predicted molar refractivity (Wildman–Crippen MR) is 91.1 cm³/mol. The Kier molecular flexibility index (Phi) is 4.86. The van der Waals surface area contributed by atoms with Gasteiger partial charge in [0, 0.05) is 5.56 Å². The number of rotatable bonds is 6. The fourth-order valence-electron chi connectivity index (χ4n) is 2.31. The first-order valence-corrected chi connectivity index (χ1v) is 7.71. The molecule has 0 saturated carbocycles. The van der Waals surface area contributed by atoms with Gasteiger partial charge < -0.3 is 10.1 Å². The van der Waals surface area contributed by atoms with Gasteiger partial charge in [-0.25, -0.2) is 9.67 Å². The maximum Gasteiger partial charge on any atom is 0.255 e. The quantitative estimate of drug-likeness (QED) is 0.757. The zero-order valence-electron chi connectivity index (χ0n) is 13.3. The second-order valence-electron chi connectivity index (χ2n) is 5.17. The molecular formula is C18H18N4O2. The molecule has 1 amide bonds. The largest absolute Gasteiger partial charge is 0.492 e. The Morgan fingerprint density at radius 2 is 1.96 bits per heavy atom. The molecule has 0 unspecified atom stereocenters. The van der Waals surface area contributed by atoms with E-state index in [2.05, 4.69) is 15.4 Å². The summed E-state index contributed by atoms with van der Waals surface area (Å²) in [5.74, 6) is 0.491. The first kappa shape index (κ1) is 15.7. The minimum Gasteiger partial charge on any atom is -0.492 e. The lowest BCUT2D eigenvalue weighted by Gasteiger charge is -2.11. The van der Waals surface area contributed by atoms with E-state index in [9.17, 15) is 4.79 Å². The van der Waals surface area contributed by atoms with Crippen LogP contribution in [0.15, 0.2) is 61.2 Å². The summed E-state index contributed by atoms with van der Waals surface area (Å²) in [6.45, 7) is 3.07. The lowest BCUT2D eigenvalue weighted by molar-refractivity contribution is 0.102. The van der Waals surface area contributed by atoms with Crippen molar-refractivity contribution in [2.75, 3.05) is 11.9 Å². The normalized spacial score (nSPS) is 10.4. The van der Waals surface area contributed by atoms with Crippen LogP contribution in [0.5, 0.6) is 5.75 Å². The standard InChI is InChI=1S/C18H18N4O2/c1-2-24-17-6-4-3-5-16(17)21-18(23)15-9-7-14(8-10-15)11-22-13-19-12-20-22/h3-10,12-13H,2,11H2,1H3,(H,21,23). The van der Waals surface area contributed by atoms with Gasteiger partial charge in [-0.3, -0.25) is 4.79 Å². The number of hydrogen-bond acceptors (Lipinski definition) is 4. The lowest BCUT2D eigenvalue weighted by atomic mass is 10.1. The van der Waals surface area contributed by atoms with Crippen LogP contribution in [0, 0.1) is 0 Å². The summed E-state index contributed by atoms with van der Waals surface area (Å²) in [4.78, 5) is 16.3. The molecule has 0 bridgehead atoms. The fraction of sp³-hybridized carbons (Fsp3) is 0.167. The molecule has 3 rings (SSSR count). The third kappa shape index (κ3) is 3.78. The van der Waals surface area contributed by atoms with E-state index in [4.69, 9.17) is 4.74 Å². The van der Waals surface area contributed by atoms with E-state index < -0.39 is 0 Å². The van der Waals surface area contributed by atoms with Crippen molar-refractivity contribution in [3.05, 3.63) is 72.3 Å². The molecule has 0 saturated heterocycles. The van der Waals surface area contributed by atoms with Gasteiger partial charge in [0.2, 0.25) is 0 Å². The van der Waals surface area contributed by atoms with Crippen LogP contribution in [0.25, 0.3) is 0 Å². The fourth-order valence-corrected chi connectivity index (χ4v) is 2.31. The number of hydrogen-bond donors (Lipinski definition) is 1. The van der Waals surface area contributed by atoms with Crippen molar-refractivity contribution in [3.63, 3.8) is 0 Å². The summed E-state index contributed by atoms with van der Waals surface area (Å²) in [6, 6.07) is 14.8. The van der Waals surface area contributed by atoms with E-state index in [1.165, 1.54) is 6.33 Å². The van der Waals surface area contributed by atoms with E-state index in [0.717, 1.165) is 5.56 Å². The van der Waals surface area contributed by atoms with Crippen molar-refractivity contribution in [2.45, 2.75) is 13.5 Å². The Labute approximate surface area is 140 Å². The molecule has 6 heteroatoms. The highest BCUT2D eigenvalue weighted by molar-refractivity contribution is 6.05. The Bertz CT molecular complexity index is 798.